The van der Waals surface area contributed by atoms with Crippen molar-refractivity contribution < 1.29 is 23.8 Å². The van der Waals surface area contributed by atoms with E-state index in [1.165, 1.54) is 6.07 Å². The van der Waals surface area contributed by atoms with Crippen LogP contribution in [0.15, 0.2) is 18.2 Å². The van der Waals surface area contributed by atoms with Crippen molar-refractivity contribution in [3.63, 3.8) is 0 Å². The summed E-state index contributed by atoms with van der Waals surface area (Å²) < 4.78 is 18.5. The Kier molecular flexibility index (Phi) is 6.38. The van der Waals surface area contributed by atoms with E-state index in [1.807, 2.05) is 6.92 Å². The van der Waals surface area contributed by atoms with E-state index in [-0.39, 0.29) is 17.1 Å². The molecule has 128 valence electrons. The van der Waals surface area contributed by atoms with Gasteiger partial charge in [-0.1, -0.05) is 24.6 Å². The number of hydrogen-bond acceptors (Lipinski definition) is 3. The van der Waals surface area contributed by atoms with Gasteiger partial charge in [0.15, 0.2) is 6.04 Å². The lowest BCUT2D eigenvalue weighted by atomic mass is 10.0. The van der Waals surface area contributed by atoms with Gasteiger partial charge in [-0.05, 0) is 39.3 Å². The van der Waals surface area contributed by atoms with E-state index in [9.17, 15) is 19.1 Å². The lowest BCUT2D eigenvalue weighted by Crippen LogP contribution is -2.42. The molecule has 0 spiro atoms. The molecule has 1 unspecified atom stereocenters. The van der Waals surface area contributed by atoms with Gasteiger partial charge >= 0.3 is 12.1 Å². The van der Waals surface area contributed by atoms with E-state index >= 15 is 0 Å². The van der Waals surface area contributed by atoms with Crippen molar-refractivity contribution in [3.05, 3.63) is 34.6 Å². The van der Waals surface area contributed by atoms with E-state index in [0.717, 1.165) is 17.0 Å². The van der Waals surface area contributed by atoms with Crippen LogP contribution in [-0.2, 0) is 9.53 Å². The van der Waals surface area contributed by atoms with Crippen LogP contribution >= 0.6 is 11.6 Å². The molecule has 0 heterocycles. The Labute approximate surface area is 140 Å². The molecule has 0 radical (unpaired) electrons. The molecule has 1 amide bonds. The molecule has 0 aromatic heterocycles. The third kappa shape index (κ3) is 5.39. The molecule has 1 rings (SSSR count). The van der Waals surface area contributed by atoms with E-state index in [2.05, 4.69) is 0 Å². The molecule has 0 aliphatic rings. The molecule has 5 nitrogen and oxygen atoms in total. The van der Waals surface area contributed by atoms with Crippen LogP contribution in [0.25, 0.3) is 0 Å². The highest BCUT2D eigenvalue weighted by molar-refractivity contribution is 6.31. The quantitative estimate of drug-likeness (QED) is 0.866. The molecule has 23 heavy (non-hydrogen) atoms. The summed E-state index contributed by atoms with van der Waals surface area (Å²) in [4.78, 5) is 25.2. The van der Waals surface area contributed by atoms with Crippen molar-refractivity contribution >= 4 is 23.7 Å². The summed E-state index contributed by atoms with van der Waals surface area (Å²) in [5.74, 6) is -1.85. The number of carboxylic acid groups (broad SMARTS) is 1. The van der Waals surface area contributed by atoms with Crippen LogP contribution in [0.4, 0.5) is 9.18 Å². The highest BCUT2D eigenvalue weighted by atomic mass is 35.5. The highest BCUT2D eigenvalue weighted by Gasteiger charge is 2.35. The summed E-state index contributed by atoms with van der Waals surface area (Å²) >= 11 is 5.97. The first-order chi connectivity index (χ1) is 10.6. The molecule has 0 aliphatic carbocycles. The van der Waals surface area contributed by atoms with Crippen molar-refractivity contribution in [2.75, 3.05) is 6.54 Å². The highest BCUT2D eigenvalue weighted by Crippen LogP contribution is 2.30. The molecule has 1 aromatic carbocycles. The van der Waals surface area contributed by atoms with Crippen LogP contribution in [-0.4, -0.2) is 34.2 Å². The zero-order chi connectivity index (χ0) is 17.8. The first-order valence-electron chi connectivity index (χ1n) is 7.24. The third-order valence-corrected chi connectivity index (χ3v) is 3.22. The normalized spacial score (nSPS) is 12.6. The van der Waals surface area contributed by atoms with E-state index < -0.39 is 29.5 Å². The van der Waals surface area contributed by atoms with Crippen molar-refractivity contribution in [2.24, 2.45) is 0 Å². The lowest BCUT2D eigenvalue weighted by Gasteiger charge is -2.31. The first kappa shape index (κ1) is 19.2. The lowest BCUT2D eigenvalue weighted by molar-refractivity contribution is -0.143. The minimum absolute atomic E-state index is 0.0536. The standard InChI is InChI=1S/C16H21ClFNO4/c1-5-8-19(15(22)23-16(2,3)4)13(14(20)21)11-7-6-10(18)9-12(11)17/h6-7,9,13H,5,8H2,1-4H3,(H,20,21). The van der Waals surface area contributed by atoms with E-state index in [4.69, 9.17) is 16.3 Å². The number of nitrogens with zero attached hydrogens (tertiary/aromatic N) is 1. The van der Waals surface area contributed by atoms with Crippen molar-refractivity contribution in [1.82, 2.24) is 4.90 Å². The Morgan fingerprint density at radius 3 is 2.43 bits per heavy atom. The predicted octanol–water partition coefficient (Wildman–Crippen LogP) is 4.25. The fraction of sp³-hybridized carbons (Fsp3) is 0.500. The van der Waals surface area contributed by atoms with Gasteiger partial charge in [0.05, 0.1) is 0 Å². The number of halogens is 2. The number of amides is 1. The molecule has 0 saturated heterocycles. The van der Waals surface area contributed by atoms with Crippen LogP contribution in [0.3, 0.4) is 0 Å². The fourth-order valence-electron chi connectivity index (χ4n) is 2.04. The molecular formula is C16H21ClFNO4. The van der Waals surface area contributed by atoms with Gasteiger partial charge in [0.2, 0.25) is 0 Å². The summed E-state index contributed by atoms with van der Waals surface area (Å²) in [7, 11) is 0. The molecule has 0 fully saturated rings. The second kappa shape index (κ2) is 7.64. The number of ether oxygens (including phenoxy) is 1. The Bertz CT molecular complexity index is 586. The van der Waals surface area contributed by atoms with Gasteiger partial charge in [-0.3, -0.25) is 4.90 Å². The Balaban J connectivity index is 3.26. The number of benzene rings is 1. The second-order valence-electron chi connectivity index (χ2n) is 6.08. The molecular weight excluding hydrogens is 325 g/mol. The van der Waals surface area contributed by atoms with Crippen molar-refractivity contribution in [2.45, 2.75) is 45.8 Å². The van der Waals surface area contributed by atoms with Crippen LogP contribution in [0.1, 0.15) is 45.7 Å². The van der Waals surface area contributed by atoms with Crippen molar-refractivity contribution in [1.29, 1.82) is 0 Å². The smallest absolute Gasteiger partial charge is 0.411 e. The average Bonchev–Trinajstić information content (AvgIpc) is 2.38. The van der Waals surface area contributed by atoms with Gasteiger partial charge in [-0.25, -0.2) is 14.0 Å². The molecule has 0 bridgehead atoms. The largest absolute Gasteiger partial charge is 0.479 e. The van der Waals surface area contributed by atoms with Gasteiger partial charge < -0.3 is 9.84 Å². The molecule has 1 aromatic rings. The summed E-state index contributed by atoms with van der Waals surface area (Å²) in [6, 6.07) is 2.05. The van der Waals surface area contributed by atoms with Gasteiger partial charge in [0, 0.05) is 17.1 Å². The summed E-state index contributed by atoms with van der Waals surface area (Å²) in [5.41, 5.74) is -0.626. The van der Waals surface area contributed by atoms with Crippen LogP contribution < -0.4 is 0 Å². The topological polar surface area (TPSA) is 66.8 Å². The minimum Gasteiger partial charge on any atom is -0.479 e. The van der Waals surface area contributed by atoms with Crippen LogP contribution in [0.2, 0.25) is 5.02 Å². The number of carbonyl (C=O) groups is 2. The van der Waals surface area contributed by atoms with Crippen LogP contribution in [0, 0.1) is 5.82 Å². The number of carbonyl (C=O) groups excluding carboxylic acids is 1. The Morgan fingerprint density at radius 1 is 1.39 bits per heavy atom. The van der Waals surface area contributed by atoms with Crippen molar-refractivity contribution in [3.8, 4) is 0 Å². The Morgan fingerprint density at radius 2 is 2.00 bits per heavy atom. The first-order valence-corrected chi connectivity index (χ1v) is 7.62. The molecule has 1 N–H and O–H groups in total. The molecule has 1 atom stereocenters. The zero-order valence-corrected chi connectivity index (χ0v) is 14.4. The summed E-state index contributed by atoms with van der Waals surface area (Å²) in [5, 5.41) is 9.51. The summed E-state index contributed by atoms with van der Waals surface area (Å²) in [6.07, 6.45) is -0.228. The molecule has 0 aliphatic heterocycles. The minimum atomic E-state index is -1.35. The summed E-state index contributed by atoms with van der Waals surface area (Å²) in [6.45, 7) is 7.04. The zero-order valence-electron chi connectivity index (χ0n) is 13.6. The third-order valence-electron chi connectivity index (χ3n) is 2.90. The maximum Gasteiger partial charge on any atom is 0.411 e. The van der Waals surface area contributed by atoms with Gasteiger partial charge in [-0.2, -0.15) is 0 Å². The number of hydrogen-bond donors (Lipinski definition) is 1. The Hall–Kier alpha value is -1.82. The average molecular weight is 346 g/mol. The van der Waals surface area contributed by atoms with E-state index in [0.29, 0.717) is 6.42 Å². The monoisotopic (exact) mass is 345 g/mol. The van der Waals surface area contributed by atoms with Gasteiger partial charge in [0.1, 0.15) is 11.4 Å². The molecule has 0 saturated carbocycles. The van der Waals surface area contributed by atoms with Gasteiger partial charge in [-0.15, -0.1) is 0 Å². The predicted molar refractivity (Wildman–Crippen MR) is 85.0 cm³/mol. The van der Waals surface area contributed by atoms with Crippen LogP contribution in [0.5, 0.6) is 0 Å². The number of aliphatic carboxylic acids is 1. The maximum absolute atomic E-state index is 13.2. The fourth-order valence-corrected chi connectivity index (χ4v) is 2.32. The maximum atomic E-state index is 13.2. The SMILES string of the molecule is CCCN(C(=O)OC(C)(C)C)C(C(=O)O)c1ccc(F)cc1Cl. The molecule has 7 heteroatoms. The van der Waals surface area contributed by atoms with Gasteiger partial charge in [0.25, 0.3) is 0 Å². The number of carboxylic acids is 1. The second-order valence-corrected chi connectivity index (χ2v) is 6.49. The number of rotatable bonds is 5. The van der Waals surface area contributed by atoms with E-state index in [1.54, 1.807) is 20.8 Å².